The zero-order chi connectivity index (χ0) is 13.8. The fourth-order valence-corrected chi connectivity index (χ4v) is 4.01. The van der Waals surface area contributed by atoms with Crippen molar-refractivity contribution in [3.63, 3.8) is 0 Å². The van der Waals surface area contributed by atoms with E-state index in [0.717, 1.165) is 25.1 Å². The Kier molecular flexibility index (Phi) is 4.81. The predicted octanol–water partition coefficient (Wildman–Crippen LogP) is 2.19. The lowest BCUT2D eigenvalue weighted by Crippen LogP contribution is -2.43. The van der Waals surface area contributed by atoms with Gasteiger partial charge in [0.05, 0.1) is 6.04 Å². The van der Waals surface area contributed by atoms with Gasteiger partial charge in [0.15, 0.2) is 5.96 Å². The number of hydrogen-bond donors (Lipinski definition) is 1. The average molecular weight is 278 g/mol. The molecule has 0 aromatic heterocycles. The summed E-state index contributed by atoms with van der Waals surface area (Å²) in [7, 11) is 0. The molecule has 114 valence electrons. The number of piperidine rings is 1. The summed E-state index contributed by atoms with van der Waals surface area (Å²) in [5, 5.41) is 0. The van der Waals surface area contributed by atoms with Gasteiger partial charge in [-0.2, -0.15) is 0 Å². The number of aliphatic imine (C=N–C) groups is 1. The van der Waals surface area contributed by atoms with Gasteiger partial charge in [-0.25, -0.2) is 4.99 Å². The van der Waals surface area contributed by atoms with E-state index in [1.54, 1.807) is 0 Å². The van der Waals surface area contributed by atoms with Crippen LogP contribution in [-0.4, -0.2) is 54.0 Å². The molecule has 1 saturated carbocycles. The molecule has 3 rings (SSSR count). The molecule has 0 aromatic rings. The summed E-state index contributed by atoms with van der Waals surface area (Å²) in [6.07, 6.45) is 12.0. The molecule has 2 aliphatic heterocycles. The molecule has 20 heavy (non-hydrogen) atoms. The second-order valence-electron chi connectivity index (χ2n) is 6.76. The highest BCUT2D eigenvalue weighted by Gasteiger charge is 2.29. The minimum atomic E-state index is 0.498. The second-order valence-corrected chi connectivity index (χ2v) is 6.76. The summed E-state index contributed by atoms with van der Waals surface area (Å²) in [6.45, 7) is 4.78. The molecule has 0 amide bonds. The predicted molar refractivity (Wildman–Crippen MR) is 83.9 cm³/mol. The monoisotopic (exact) mass is 278 g/mol. The number of nitrogens with two attached hydrogens (primary N) is 1. The van der Waals surface area contributed by atoms with Crippen LogP contribution in [0.15, 0.2) is 4.99 Å². The van der Waals surface area contributed by atoms with Crippen molar-refractivity contribution in [2.24, 2.45) is 10.7 Å². The highest BCUT2D eigenvalue weighted by molar-refractivity contribution is 5.78. The maximum Gasteiger partial charge on any atom is 0.191 e. The van der Waals surface area contributed by atoms with Crippen LogP contribution in [0, 0.1) is 0 Å². The summed E-state index contributed by atoms with van der Waals surface area (Å²) in [5.41, 5.74) is 6.26. The topological polar surface area (TPSA) is 44.9 Å². The number of hydrogen-bond acceptors (Lipinski definition) is 2. The van der Waals surface area contributed by atoms with Crippen molar-refractivity contribution < 1.29 is 0 Å². The third kappa shape index (κ3) is 3.46. The van der Waals surface area contributed by atoms with E-state index in [-0.39, 0.29) is 0 Å². The van der Waals surface area contributed by atoms with Crippen LogP contribution in [0.2, 0.25) is 0 Å². The standard InChI is InChI=1S/C16H30N4/c17-16(18-14-7-3-1-4-8-14)20-12-9-15(13-20)19-10-5-2-6-11-19/h14-15H,1-13H2,(H2,17,18). The summed E-state index contributed by atoms with van der Waals surface area (Å²) in [5.74, 6) is 0.816. The Labute approximate surface area is 123 Å². The van der Waals surface area contributed by atoms with Gasteiger partial charge in [0, 0.05) is 19.1 Å². The van der Waals surface area contributed by atoms with E-state index in [9.17, 15) is 0 Å². The van der Waals surface area contributed by atoms with Gasteiger partial charge in [-0.05, 0) is 45.2 Å². The Morgan fingerprint density at radius 1 is 0.850 bits per heavy atom. The average Bonchev–Trinajstić information content (AvgIpc) is 2.99. The number of likely N-dealkylation sites (tertiary alicyclic amines) is 2. The first-order valence-corrected chi connectivity index (χ1v) is 8.65. The third-order valence-corrected chi connectivity index (χ3v) is 5.28. The van der Waals surface area contributed by atoms with Gasteiger partial charge in [-0.1, -0.05) is 25.7 Å². The largest absolute Gasteiger partial charge is 0.370 e. The number of nitrogens with zero attached hydrogens (tertiary/aromatic N) is 3. The van der Waals surface area contributed by atoms with Crippen LogP contribution in [-0.2, 0) is 0 Å². The van der Waals surface area contributed by atoms with E-state index < -0.39 is 0 Å². The van der Waals surface area contributed by atoms with Crippen molar-refractivity contribution in [1.29, 1.82) is 0 Å². The zero-order valence-corrected chi connectivity index (χ0v) is 12.8. The highest BCUT2D eigenvalue weighted by atomic mass is 15.3. The summed E-state index contributed by atoms with van der Waals surface area (Å²) >= 11 is 0. The maximum absolute atomic E-state index is 6.26. The van der Waals surface area contributed by atoms with Crippen molar-refractivity contribution in [3.05, 3.63) is 0 Å². The van der Waals surface area contributed by atoms with Crippen molar-refractivity contribution in [1.82, 2.24) is 9.80 Å². The highest BCUT2D eigenvalue weighted by Crippen LogP contribution is 2.22. The lowest BCUT2D eigenvalue weighted by atomic mass is 9.96. The van der Waals surface area contributed by atoms with E-state index in [1.165, 1.54) is 70.9 Å². The fourth-order valence-electron chi connectivity index (χ4n) is 4.01. The normalized spacial score (nSPS) is 30.9. The van der Waals surface area contributed by atoms with Crippen LogP contribution in [0.4, 0.5) is 0 Å². The quantitative estimate of drug-likeness (QED) is 0.622. The number of guanidine groups is 1. The molecule has 0 bridgehead atoms. The maximum atomic E-state index is 6.26. The molecule has 4 heteroatoms. The van der Waals surface area contributed by atoms with Crippen LogP contribution in [0.1, 0.15) is 57.8 Å². The van der Waals surface area contributed by atoms with E-state index >= 15 is 0 Å². The van der Waals surface area contributed by atoms with E-state index in [4.69, 9.17) is 10.7 Å². The van der Waals surface area contributed by atoms with Crippen LogP contribution in [0.5, 0.6) is 0 Å². The van der Waals surface area contributed by atoms with Gasteiger partial charge in [0.2, 0.25) is 0 Å². The first-order valence-electron chi connectivity index (χ1n) is 8.65. The van der Waals surface area contributed by atoms with E-state index in [2.05, 4.69) is 9.80 Å². The molecule has 2 heterocycles. The molecule has 1 atom stereocenters. The van der Waals surface area contributed by atoms with Gasteiger partial charge in [0.1, 0.15) is 0 Å². The lowest BCUT2D eigenvalue weighted by molar-refractivity contribution is 0.169. The second kappa shape index (κ2) is 6.79. The Hall–Kier alpha value is -0.770. The molecule has 2 N–H and O–H groups in total. The van der Waals surface area contributed by atoms with Gasteiger partial charge in [-0.3, -0.25) is 4.90 Å². The molecule has 0 aromatic carbocycles. The SMILES string of the molecule is NC(=NC1CCCCC1)N1CCC(N2CCCCC2)C1. The molecular weight excluding hydrogens is 248 g/mol. The molecule has 3 fully saturated rings. The van der Waals surface area contributed by atoms with Gasteiger partial charge < -0.3 is 10.6 Å². The molecule has 0 spiro atoms. The Morgan fingerprint density at radius 3 is 2.30 bits per heavy atom. The van der Waals surface area contributed by atoms with Crippen LogP contribution < -0.4 is 5.73 Å². The fraction of sp³-hybridized carbons (Fsp3) is 0.938. The first kappa shape index (κ1) is 14.2. The smallest absolute Gasteiger partial charge is 0.191 e. The summed E-state index contributed by atoms with van der Waals surface area (Å²) in [4.78, 5) is 9.80. The molecule has 3 aliphatic rings. The van der Waals surface area contributed by atoms with Crippen molar-refractivity contribution in [2.45, 2.75) is 69.9 Å². The van der Waals surface area contributed by atoms with Gasteiger partial charge in [0.25, 0.3) is 0 Å². The molecule has 0 radical (unpaired) electrons. The molecule has 4 nitrogen and oxygen atoms in total. The summed E-state index contributed by atoms with van der Waals surface area (Å²) in [6, 6.07) is 1.22. The third-order valence-electron chi connectivity index (χ3n) is 5.28. The van der Waals surface area contributed by atoms with Crippen molar-refractivity contribution in [2.75, 3.05) is 26.2 Å². The zero-order valence-electron chi connectivity index (χ0n) is 12.8. The van der Waals surface area contributed by atoms with E-state index in [0.29, 0.717) is 6.04 Å². The van der Waals surface area contributed by atoms with Crippen LogP contribution >= 0.6 is 0 Å². The molecular formula is C16H30N4. The molecule has 2 saturated heterocycles. The molecule has 1 unspecified atom stereocenters. The van der Waals surface area contributed by atoms with Gasteiger partial charge >= 0.3 is 0 Å². The minimum Gasteiger partial charge on any atom is -0.370 e. The minimum absolute atomic E-state index is 0.498. The summed E-state index contributed by atoms with van der Waals surface area (Å²) < 4.78 is 0. The van der Waals surface area contributed by atoms with Gasteiger partial charge in [-0.15, -0.1) is 0 Å². The first-order chi connectivity index (χ1) is 9.83. The molecule has 1 aliphatic carbocycles. The van der Waals surface area contributed by atoms with E-state index in [1.807, 2.05) is 0 Å². The lowest BCUT2D eigenvalue weighted by Gasteiger charge is -2.32. The Morgan fingerprint density at radius 2 is 1.55 bits per heavy atom. The Bertz CT molecular complexity index is 329. The van der Waals surface area contributed by atoms with Crippen molar-refractivity contribution in [3.8, 4) is 0 Å². The van der Waals surface area contributed by atoms with Crippen molar-refractivity contribution >= 4 is 5.96 Å². The number of rotatable bonds is 2. The van der Waals surface area contributed by atoms with Crippen LogP contribution in [0.25, 0.3) is 0 Å². The van der Waals surface area contributed by atoms with Crippen LogP contribution in [0.3, 0.4) is 0 Å². The Balaban J connectivity index is 1.51.